The van der Waals surface area contributed by atoms with Gasteiger partial charge >= 0.3 is 0 Å². The maximum Gasteiger partial charge on any atom is 0.252 e. The fraction of sp³-hybridized carbons (Fsp3) is 0.500. The summed E-state index contributed by atoms with van der Waals surface area (Å²) in [6, 6.07) is 8.21. The summed E-state index contributed by atoms with van der Waals surface area (Å²) in [7, 11) is 0. The first-order chi connectivity index (χ1) is 19.3. The van der Waals surface area contributed by atoms with Crippen molar-refractivity contribution in [3.05, 3.63) is 52.7 Å². The van der Waals surface area contributed by atoms with Gasteiger partial charge in [-0.1, -0.05) is 25.3 Å². The van der Waals surface area contributed by atoms with E-state index < -0.39 is 18.5 Å². The lowest BCUT2D eigenvalue weighted by Crippen LogP contribution is -2.52. The monoisotopic (exact) mass is 568 g/mol. The standard InChI is InChI=1S/C30H37FN4O4S/c1-19(20-6-3-2-4-7-20)32-30(39)28-23-14-21(31)9-10-25(23)33-29(26-8-5-13-40-26)24(28)16-34-11-12-35(27(38)17-34)15-22(37)18-36/h5,8-10,13-14,19-20,22,36-37H,2-4,6-7,11-12,15-18H2,1H3,(H,32,39)/t19-,22?/m0/s1. The fourth-order valence-corrected chi connectivity index (χ4v) is 6.70. The van der Waals surface area contributed by atoms with Crippen molar-refractivity contribution in [2.75, 3.05) is 32.8 Å². The van der Waals surface area contributed by atoms with Gasteiger partial charge in [-0.05, 0) is 55.3 Å². The van der Waals surface area contributed by atoms with Crippen molar-refractivity contribution in [3.8, 4) is 10.6 Å². The second kappa shape index (κ2) is 12.7. The van der Waals surface area contributed by atoms with Gasteiger partial charge in [0.25, 0.3) is 5.91 Å². The van der Waals surface area contributed by atoms with Gasteiger partial charge in [0.1, 0.15) is 5.82 Å². The summed E-state index contributed by atoms with van der Waals surface area (Å²) in [5, 5.41) is 24.7. The number of rotatable bonds is 9. The first-order valence-corrected chi connectivity index (χ1v) is 15.0. The van der Waals surface area contributed by atoms with E-state index in [1.165, 1.54) is 29.9 Å². The minimum Gasteiger partial charge on any atom is -0.394 e. The van der Waals surface area contributed by atoms with Crippen molar-refractivity contribution in [1.29, 1.82) is 0 Å². The molecule has 1 aromatic carbocycles. The highest BCUT2D eigenvalue weighted by atomic mass is 32.1. The zero-order valence-corrected chi connectivity index (χ0v) is 23.6. The molecule has 8 nitrogen and oxygen atoms in total. The first kappa shape index (κ1) is 28.6. The molecule has 40 heavy (non-hydrogen) atoms. The molecule has 0 radical (unpaired) electrons. The summed E-state index contributed by atoms with van der Waals surface area (Å²) in [4.78, 5) is 36.3. The Bertz CT molecular complexity index is 1350. The van der Waals surface area contributed by atoms with Crippen LogP contribution in [-0.4, -0.2) is 81.7 Å². The highest BCUT2D eigenvalue weighted by Crippen LogP contribution is 2.35. The topological polar surface area (TPSA) is 106 Å². The number of thiophene rings is 1. The Kier molecular flexibility index (Phi) is 9.10. The third kappa shape index (κ3) is 6.35. The number of β-amino-alcohol motifs (C(OH)–C–C–N with tert-alkyl or cyclic N) is 1. The Morgan fingerprint density at radius 2 is 2.02 bits per heavy atom. The highest BCUT2D eigenvalue weighted by molar-refractivity contribution is 7.13. The Balaban J connectivity index is 1.52. The lowest BCUT2D eigenvalue weighted by molar-refractivity contribution is -0.138. The van der Waals surface area contributed by atoms with Crippen LogP contribution in [0.2, 0.25) is 0 Å². The lowest BCUT2D eigenvalue weighted by atomic mass is 9.84. The number of amides is 2. The predicted molar refractivity (Wildman–Crippen MR) is 153 cm³/mol. The van der Waals surface area contributed by atoms with E-state index in [0.717, 1.165) is 30.6 Å². The Morgan fingerprint density at radius 1 is 1.23 bits per heavy atom. The van der Waals surface area contributed by atoms with Crippen molar-refractivity contribution in [1.82, 2.24) is 20.1 Å². The number of hydrogen-bond acceptors (Lipinski definition) is 7. The molecule has 1 aliphatic heterocycles. The van der Waals surface area contributed by atoms with E-state index in [1.54, 1.807) is 11.0 Å². The third-order valence-electron chi connectivity index (χ3n) is 8.17. The van der Waals surface area contributed by atoms with Gasteiger partial charge in [-0.2, -0.15) is 0 Å². The van der Waals surface area contributed by atoms with Crippen molar-refractivity contribution in [3.63, 3.8) is 0 Å². The van der Waals surface area contributed by atoms with Crippen LogP contribution in [0.4, 0.5) is 4.39 Å². The Labute approximate surface area is 237 Å². The minimum absolute atomic E-state index is 0.0225. The van der Waals surface area contributed by atoms with Gasteiger partial charge < -0.3 is 20.4 Å². The predicted octanol–water partition coefficient (Wildman–Crippen LogP) is 3.80. The number of pyridine rings is 1. The number of nitrogens with zero attached hydrogens (tertiary/aromatic N) is 3. The van der Waals surface area contributed by atoms with Gasteiger partial charge in [0.05, 0.1) is 40.9 Å². The molecule has 2 aliphatic rings. The van der Waals surface area contributed by atoms with Crippen LogP contribution in [0, 0.1) is 11.7 Å². The van der Waals surface area contributed by atoms with Gasteiger partial charge in [-0.3, -0.25) is 14.5 Å². The summed E-state index contributed by atoms with van der Waals surface area (Å²) in [6.45, 7) is 3.02. The van der Waals surface area contributed by atoms with Gasteiger partial charge in [0.2, 0.25) is 5.91 Å². The normalized spacial score (nSPS) is 18.7. The number of benzene rings is 1. The van der Waals surface area contributed by atoms with Crippen molar-refractivity contribution in [2.45, 2.75) is 57.7 Å². The van der Waals surface area contributed by atoms with Crippen LogP contribution in [0.3, 0.4) is 0 Å². The molecule has 214 valence electrons. The maximum absolute atomic E-state index is 14.6. The molecule has 3 aromatic rings. The number of piperazine rings is 1. The lowest BCUT2D eigenvalue weighted by Gasteiger charge is -2.35. The summed E-state index contributed by atoms with van der Waals surface area (Å²) in [5.74, 6) is -0.444. The number of hydrogen-bond donors (Lipinski definition) is 3. The molecule has 2 amide bonds. The van der Waals surface area contributed by atoms with E-state index in [-0.39, 0.29) is 37.5 Å². The average molecular weight is 569 g/mol. The number of carbonyl (C=O) groups is 2. The van der Waals surface area contributed by atoms with Crippen LogP contribution in [0.15, 0.2) is 35.7 Å². The fourth-order valence-electron chi connectivity index (χ4n) is 5.96. The highest BCUT2D eigenvalue weighted by Gasteiger charge is 2.30. The van der Waals surface area contributed by atoms with Gasteiger partial charge in [-0.25, -0.2) is 9.37 Å². The second-order valence-electron chi connectivity index (χ2n) is 11.0. The molecule has 3 heterocycles. The van der Waals surface area contributed by atoms with E-state index >= 15 is 0 Å². The molecular formula is C30H37FN4O4S. The van der Waals surface area contributed by atoms with Crippen LogP contribution in [0.25, 0.3) is 21.5 Å². The van der Waals surface area contributed by atoms with Crippen LogP contribution < -0.4 is 5.32 Å². The quantitative estimate of drug-likeness (QED) is 0.363. The number of aliphatic hydroxyl groups is 2. The molecule has 0 bridgehead atoms. The molecule has 2 aromatic heterocycles. The zero-order chi connectivity index (χ0) is 28.2. The first-order valence-electron chi connectivity index (χ1n) is 14.1. The molecule has 10 heteroatoms. The number of halogens is 1. The molecule has 1 aliphatic carbocycles. The molecule has 1 saturated carbocycles. The number of aliphatic hydroxyl groups excluding tert-OH is 2. The van der Waals surface area contributed by atoms with Crippen molar-refractivity contribution >= 4 is 34.1 Å². The molecule has 2 atom stereocenters. The minimum atomic E-state index is -0.984. The summed E-state index contributed by atoms with van der Waals surface area (Å²) in [5.41, 5.74) is 2.28. The molecule has 5 rings (SSSR count). The molecule has 1 unspecified atom stereocenters. The summed E-state index contributed by atoms with van der Waals surface area (Å²) in [6.07, 6.45) is 4.73. The smallest absolute Gasteiger partial charge is 0.252 e. The van der Waals surface area contributed by atoms with E-state index in [9.17, 15) is 24.2 Å². The van der Waals surface area contributed by atoms with Crippen LogP contribution in [-0.2, 0) is 11.3 Å². The maximum atomic E-state index is 14.6. The molecule has 1 saturated heterocycles. The Morgan fingerprint density at radius 3 is 2.73 bits per heavy atom. The molecular weight excluding hydrogens is 531 g/mol. The molecule has 2 fully saturated rings. The second-order valence-corrected chi connectivity index (χ2v) is 11.9. The Hall–Kier alpha value is -2.92. The zero-order valence-electron chi connectivity index (χ0n) is 22.8. The summed E-state index contributed by atoms with van der Waals surface area (Å²) < 4.78 is 14.6. The van der Waals surface area contributed by atoms with E-state index in [0.29, 0.717) is 46.7 Å². The van der Waals surface area contributed by atoms with Crippen LogP contribution in [0.1, 0.15) is 54.9 Å². The molecule has 3 N–H and O–H groups in total. The number of fused-ring (bicyclic) bond motifs is 1. The number of carbonyl (C=O) groups excluding carboxylic acids is 2. The van der Waals surface area contributed by atoms with Crippen LogP contribution in [0.5, 0.6) is 0 Å². The third-order valence-corrected chi connectivity index (χ3v) is 9.04. The van der Waals surface area contributed by atoms with Crippen molar-refractivity contribution in [2.24, 2.45) is 5.92 Å². The van der Waals surface area contributed by atoms with E-state index in [2.05, 4.69) is 12.2 Å². The van der Waals surface area contributed by atoms with Crippen LogP contribution >= 0.6 is 11.3 Å². The number of nitrogens with one attached hydrogen (secondary N) is 1. The van der Waals surface area contributed by atoms with Gasteiger partial charge in [0, 0.05) is 43.2 Å². The van der Waals surface area contributed by atoms with E-state index in [1.807, 2.05) is 22.4 Å². The molecule has 0 spiro atoms. The summed E-state index contributed by atoms with van der Waals surface area (Å²) >= 11 is 1.52. The number of aromatic nitrogens is 1. The van der Waals surface area contributed by atoms with Crippen molar-refractivity contribution < 1.29 is 24.2 Å². The SMILES string of the molecule is C[C@H](NC(=O)c1c(CN2CCN(CC(O)CO)C(=O)C2)c(-c2cccs2)nc2ccc(F)cc12)C1CCCCC1. The average Bonchev–Trinajstić information content (AvgIpc) is 3.49. The van der Waals surface area contributed by atoms with Gasteiger partial charge in [0.15, 0.2) is 0 Å². The van der Waals surface area contributed by atoms with Gasteiger partial charge in [-0.15, -0.1) is 11.3 Å². The largest absolute Gasteiger partial charge is 0.394 e. The van der Waals surface area contributed by atoms with E-state index in [4.69, 9.17) is 4.98 Å².